The summed E-state index contributed by atoms with van der Waals surface area (Å²) in [7, 11) is 0. The molecule has 5 heteroatoms. The van der Waals surface area contributed by atoms with E-state index in [1.165, 1.54) is 13.0 Å². The molecular formula is C19H24FN3O. The first-order valence-corrected chi connectivity index (χ1v) is 7.52. The van der Waals surface area contributed by atoms with E-state index in [4.69, 9.17) is 11.5 Å². The monoisotopic (exact) mass is 329 g/mol. The van der Waals surface area contributed by atoms with Crippen molar-refractivity contribution in [1.29, 1.82) is 0 Å². The fourth-order valence-corrected chi connectivity index (χ4v) is 2.10. The van der Waals surface area contributed by atoms with Gasteiger partial charge < -0.3 is 16.8 Å². The van der Waals surface area contributed by atoms with Gasteiger partial charge in [0, 0.05) is 29.1 Å². The fourth-order valence-electron chi connectivity index (χ4n) is 2.10. The van der Waals surface area contributed by atoms with Crippen LogP contribution in [0, 0.1) is 0 Å². The third-order valence-corrected chi connectivity index (χ3v) is 3.47. The maximum Gasteiger partial charge on any atom is 0.156 e. The number of Topliss-reactive ketones (excluding diaryl/α,β-unsaturated/α-hetero) is 1. The molecule has 1 aliphatic rings. The molecular weight excluding hydrogens is 305 g/mol. The molecule has 1 aliphatic carbocycles. The molecule has 1 rings (SSSR count). The topological polar surface area (TPSA) is 81.1 Å². The summed E-state index contributed by atoms with van der Waals surface area (Å²) in [5.41, 5.74) is 13.8. The lowest BCUT2D eigenvalue weighted by molar-refractivity contribution is -0.113. The highest BCUT2D eigenvalue weighted by atomic mass is 19.1. The molecule has 0 aromatic rings. The Morgan fingerprint density at radius 1 is 1.25 bits per heavy atom. The molecule has 0 atom stereocenters. The van der Waals surface area contributed by atoms with Crippen LogP contribution in [0.1, 0.15) is 26.7 Å². The number of hydrogen-bond donors (Lipinski definition) is 3. The molecule has 0 aliphatic heterocycles. The lowest BCUT2D eigenvalue weighted by atomic mass is 10.0. The Kier molecular flexibility index (Phi) is 6.98. The van der Waals surface area contributed by atoms with E-state index in [0.29, 0.717) is 24.1 Å². The van der Waals surface area contributed by atoms with Gasteiger partial charge in [-0.15, -0.1) is 0 Å². The first-order valence-electron chi connectivity index (χ1n) is 7.52. The van der Waals surface area contributed by atoms with Gasteiger partial charge in [-0.3, -0.25) is 4.79 Å². The molecule has 0 saturated carbocycles. The lowest BCUT2D eigenvalue weighted by Gasteiger charge is -2.15. The van der Waals surface area contributed by atoms with Gasteiger partial charge in [0.2, 0.25) is 0 Å². The van der Waals surface area contributed by atoms with Crippen molar-refractivity contribution in [2.45, 2.75) is 26.7 Å². The van der Waals surface area contributed by atoms with Gasteiger partial charge in [0.15, 0.2) is 5.78 Å². The molecule has 0 unspecified atom stereocenters. The number of ketones is 1. The molecule has 24 heavy (non-hydrogen) atoms. The molecule has 0 radical (unpaired) electrons. The predicted octanol–water partition coefficient (Wildman–Crippen LogP) is 3.40. The summed E-state index contributed by atoms with van der Waals surface area (Å²) in [6.45, 7) is 10.3. The minimum absolute atomic E-state index is 0.0342. The van der Waals surface area contributed by atoms with E-state index in [2.05, 4.69) is 18.5 Å². The Labute approximate surface area is 142 Å². The average molecular weight is 329 g/mol. The summed E-state index contributed by atoms with van der Waals surface area (Å²) in [4.78, 5) is 11.5. The standard InChI is InChI=1S/C19H24FN3O/c1-12(21)18(11-19(20)13(2)22)14(3)23-17-8-6-5-7-16(9-10-17)15(4)24/h5-7,10-11,23H,1-2,8-9,21-22H2,3-4H3/b6-5-,16-7+,17-10+,18-14-,19-11+. The average Bonchev–Trinajstić information content (AvgIpc) is 2.46. The third kappa shape index (κ3) is 5.76. The van der Waals surface area contributed by atoms with Gasteiger partial charge in [0.05, 0.1) is 5.70 Å². The lowest BCUT2D eigenvalue weighted by Crippen LogP contribution is -2.15. The number of carbonyl (C=O) groups is 1. The van der Waals surface area contributed by atoms with Crippen LogP contribution in [0.15, 0.2) is 83.3 Å². The van der Waals surface area contributed by atoms with Crippen LogP contribution in [-0.4, -0.2) is 5.78 Å². The second-order valence-electron chi connectivity index (χ2n) is 5.52. The van der Waals surface area contributed by atoms with Crippen LogP contribution in [0.4, 0.5) is 4.39 Å². The normalized spacial score (nSPS) is 21.9. The highest BCUT2D eigenvalue weighted by Crippen LogP contribution is 2.18. The van der Waals surface area contributed by atoms with Crippen LogP contribution in [-0.2, 0) is 4.79 Å². The van der Waals surface area contributed by atoms with Crippen molar-refractivity contribution < 1.29 is 9.18 Å². The van der Waals surface area contributed by atoms with Crippen LogP contribution in [0.25, 0.3) is 0 Å². The van der Waals surface area contributed by atoms with E-state index in [1.807, 2.05) is 24.3 Å². The summed E-state index contributed by atoms with van der Waals surface area (Å²) in [5, 5.41) is 3.20. The zero-order chi connectivity index (χ0) is 18.3. The van der Waals surface area contributed by atoms with Crippen molar-refractivity contribution in [1.82, 2.24) is 5.32 Å². The minimum atomic E-state index is -0.661. The largest absolute Gasteiger partial charge is 0.399 e. The highest BCUT2D eigenvalue weighted by molar-refractivity contribution is 5.93. The summed E-state index contributed by atoms with van der Waals surface area (Å²) in [6, 6.07) is 0. The number of nitrogens with two attached hydrogens (primary N) is 2. The number of nitrogens with one attached hydrogen (secondary N) is 1. The molecule has 0 heterocycles. The van der Waals surface area contributed by atoms with Gasteiger partial charge in [0.25, 0.3) is 0 Å². The van der Waals surface area contributed by atoms with Gasteiger partial charge >= 0.3 is 0 Å². The van der Waals surface area contributed by atoms with Gasteiger partial charge in [-0.1, -0.05) is 37.5 Å². The first-order chi connectivity index (χ1) is 11.2. The molecule has 0 aromatic carbocycles. The van der Waals surface area contributed by atoms with Crippen molar-refractivity contribution in [3.8, 4) is 0 Å². The molecule has 0 bridgehead atoms. The van der Waals surface area contributed by atoms with Gasteiger partial charge in [0.1, 0.15) is 5.83 Å². The zero-order valence-electron chi connectivity index (χ0n) is 14.2. The second kappa shape index (κ2) is 8.72. The number of carbonyl (C=O) groups excluding carboxylic acids is 1. The number of hydrogen-bond acceptors (Lipinski definition) is 4. The molecule has 0 saturated heterocycles. The van der Waals surface area contributed by atoms with E-state index < -0.39 is 5.83 Å². The van der Waals surface area contributed by atoms with Crippen LogP contribution in [0.3, 0.4) is 0 Å². The van der Waals surface area contributed by atoms with Crippen molar-refractivity contribution >= 4 is 5.78 Å². The molecule has 0 amide bonds. The quantitative estimate of drug-likeness (QED) is 0.652. The van der Waals surface area contributed by atoms with E-state index in [1.54, 1.807) is 6.92 Å². The Bertz CT molecular complexity index is 706. The molecule has 5 N–H and O–H groups in total. The van der Waals surface area contributed by atoms with Crippen LogP contribution >= 0.6 is 0 Å². The predicted molar refractivity (Wildman–Crippen MR) is 96.9 cm³/mol. The molecule has 0 spiro atoms. The molecule has 0 fully saturated rings. The van der Waals surface area contributed by atoms with E-state index >= 15 is 0 Å². The summed E-state index contributed by atoms with van der Waals surface area (Å²) in [6.07, 6.45) is 9.91. The molecule has 4 nitrogen and oxygen atoms in total. The Hall–Kier alpha value is -2.82. The van der Waals surface area contributed by atoms with Crippen molar-refractivity contribution in [2.75, 3.05) is 0 Å². The van der Waals surface area contributed by atoms with E-state index in [9.17, 15) is 9.18 Å². The number of allylic oxidation sites excluding steroid dienone is 8. The van der Waals surface area contributed by atoms with E-state index in [-0.39, 0.29) is 17.2 Å². The van der Waals surface area contributed by atoms with Crippen LogP contribution < -0.4 is 16.8 Å². The van der Waals surface area contributed by atoms with Crippen LogP contribution in [0.2, 0.25) is 0 Å². The SMILES string of the molecule is C=C(N)C(/C=C(/F)C(=C)N)=C(/C)N/C1=C/C/C(C(C)=O)=C\C=C/C1. The summed E-state index contributed by atoms with van der Waals surface area (Å²) in [5.74, 6) is -0.627. The van der Waals surface area contributed by atoms with Crippen molar-refractivity contribution in [2.24, 2.45) is 11.5 Å². The van der Waals surface area contributed by atoms with Gasteiger partial charge in [-0.25, -0.2) is 4.39 Å². The van der Waals surface area contributed by atoms with E-state index in [0.717, 1.165) is 11.3 Å². The maximum absolute atomic E-state index is 13.7. The Morgan fingerprint density at radius 3 is 2.46 bits per heavy atom. The number of rotatable bonds is 6. The fraction of sp³-hybridized carbons (Fsp3) is 0.211. The molecule has 128 valence electrons. The maximum atomic E-state index is 13.7. The van der Waals surface area contributed by atoms with Gasteiger partial charge in [-0.2, -0.15) is 0 Å². The van der Waals surface area contributed by atoms with Gasteiger partial charge in [-0.05, 0) is 31.9 Å². The molecule has 0 aromatic heterocycles. The second-order valence-corrected chi connectivity index (χ2v) is 5.52. The summed E-state index contributed by atoms with van der Waals surface area (Å²) >= 11 is 0. The van der Waals surface area contributed by atoms with Crippen LogP contribution in [0.5, 0.6) is 0 Å². The first kappa shape index (κ1) is 19.2. The highest BCUT2D eigenvalue weighted by Gasteiger charge is 2.09. The summed E-state index contributed by atoms with van der Waals surface area (Å²) < 4.78 is 13.7. The minimum Gasteiger partial charge on any atom is -0.399 e. The zero-order valence-corrected chi connectivity index (χ0v) is 14.2. The Balaban J connectivity index is 3.09. The van der Waals surface area contributed by atoms with Crippen molar-refractivity contribution in [3.05, 3.63) is 83.3 Å². The van der Waals surface area contributed by atoms with Crippen molar-refractivity contribution in [3.63, 3.8) is 0 Å². The Morgan fingerprint density at radius 2 is 1.92 bits per heavy atom. The third-order valence-electron chi connectivity index (χ3n) is 3.47. The smallest absolute Gasteiger partial charge is 0.156 e. The number of halogens is 1.